The third kappa shape index (κ3) is 2.70. The van der Waals surface area contributed by atoms with Gasteiger partial charge in [0.05, 0.1) is 19.8 Å². The van der Waals surface area contributed by atoms with Gasteiger partial charge in [-0.2, -0.15) is 0 Å². The lowest BCUT2D eigenvalue weighted by molar-refractivity contribution is 0.0289. The molecule has 0 saturated carbocycles. The van der Waals surface area contributed by atoms with Crippen molar-refractivity contribution in [1.29, 1.82) is 0 Å². The van der Waals surface area contributed by atoms with Crippen molar-refractivity contribution in [2.45, 2.75) is 12.5 Å². The van der Waals surface area contributed by atoms with Gasteiger partial charge in [-0.1, -0.05) is 18.2 Å². The number of hydrogen-bond donors (Lipinski definition) is 1. The van der Waals surface area contributed by atoms with Crippen molar-refractivity contribution in [1.82, 2.24) is 5.32 Å². The third-order valence-corrected chi connectivity index (χ3v) is 2.64. The summed E-state index contributed by atoms with van der Waals surface area (Å²) in [5.74, 6) is 0.951. The molecule has 1 aromatic carbocycles. The fourth-order valence-electron chi connectivity index (χ4n) is 1.87. The molecule has 0 amide bonds. The number of hydrogen-bond acceptors (Lipinski definition) is 3. The lowest BCUT2D eigenvalue weighted by Crippen LogP contribution is -2.39. The second-order valence-corrected chi connectivity index (χ2v) is 3.71. The van der Waals surface area contributed by atoms with Gasteiger partial charge < -0.3 is 14.8 Å². The fraction of sp³-hybridized carbons (Fsp3) is 0.500. The average molecular weight is 207 g/mol. The first-order valence-electron chi connectivity index (χ1n) is 5.34. The Bertz CT molecular complexity index is 308. The highest BCUT2D eigenvalue weighted by Crippen LogP contribution is 2.19. The summed E-state index contributed by atoms with van der Waals surface area (Å²) in [6, 6.07) is 8.11. The minimum absolute atomic E-state index is 0.273. The van der Waals surface area contributed by atoms with E-state index in [9.17, 15) is 0 Å². The SMILES string of the molecule is COc1ccccc1C[C@H]1CNCCO1. The zero-order chi connectivity index (χ0) is 10.5. The smallest absolute Gasteiger partial charge is 0.122 e. The first kappa shape index (κ1) is 10.5. The van der Waals surface area contributed by atoms with Gasteiger partial charge in [0.2, 0.25) is 0 Å². The van der Waals surface area contributed by atoms with Gasteiger partial charge in [0, 0.05) is 19.5 Å². The molecular formula is C12H17NO2. The molecule has 1 aliphatic heterocycles. The molecule has 1 aliphatic rings. The first-order chi connectivity index (χ1) is 7.40. The second kappa shape index (κ2) is 5.14. The Morgan fingerprint density at radius 2 is 2.33 bits per heavy atom. The van der Waals surface area contributed by atoms with Crippen LogP contribution in [0.2, 0.25) is 0 Å². The van der Waals surface area contributed by atoms with Crippen LogP contribution in [0.4, 0.5) is 0 Å². The molecule has 0 bridgehead atoms. The summed E-state index contributed by atoms with van der Waals surface area (Å²) in [6.45, 7) is 2.69. The van der Waals surface area contributed by atoms with E-state index in [2.05, 4.69) is 11.4 Å². The van der Waals surface area contributed by atoms with Crippen LogP contribution in [0.25, 0.3) is 0 Å². The van der Waals surface area contributed by atoms with Crippen LogP contribution in [-0.4, -0.2) is 32.9 Å². The second-order valence-electron chi connectivity index (χ2n) is 3.71. The summed E-state index contributed by atoms with van der Waals surface area (Å²) < 4.78 is 11.0. The molecule has 3 heteroatoms. The highest BCUT2D eigenvalue weighted by atomic mass is 16.5. The maximum absolute atomic E-state index is 5.66. The van der Waals surface area contributed by atoms with E-state index in [-0.39, 0.29) is 6.10 Å². The molecule has 2 rings (SSSR count). The van der Waals surface area contributed by atoms with Crippen molar-refractivity contribution in [2.75, 3.05) is 26.8 Å². The molecule has 1 saturated heterocycles. The van der Waals surface area contributed by atoms with Gasteiger partial charge in [0.25, 0.3) is 0 Å². The van der Waals surface area contributed by atoms with E-state index in [0.717, 1.165) is 31.9 Å². The standard InChI is InChI=1S/C12H17NO2/c1-14-12-5-3-2-4-10(12)8-11-9-13-6-7-15-11/h2-5,11,13H,6-9H2,1H3/t11-/m0/s1. The van der Waals surface area contributed by atoms with E-state index in [1.54, 1.807) is 7.11 Å². The molecule has 0 aliphatic carbocycles. The van der Waals surface area contributed by atoms with Crippen molar-refractivity contribution >= 4 is 0 Å². The van der Waals surface area contributed by atoms with E-state index >= 15 is 0 Å². The molecule has 0 spiro atoms. The van der Waals surface area contributed by atoms with Crippen LogP contribution < -0.4 is 10.1 Å². The first-order valence-corrected chi connectivity index (χ1v) is 5.34. The van der Waals surface area contributed by atoms with Crippen LogP contribution in [0.1, 0.15) is 5.56 Å². The molecule has 15 heavy (non-hydrogen) atoms. The molecular weight excluding hydrogens is 190 g/mol. The number of rotatable bonds is 3. The number of methoxy groups -OCH3 is 1. The molecule has 1 aromatic rings. The van der Waals surface area contributed by atoms with E-state index in [4.69, 9.17) is 9.47 Å². The Labute approximate surface area is 90.4 Å². The Balaban J connectivity index is 2.02. The molecule has 1 atom stereocenters. The largest absolute Gasteiger partial charge is 0.496 e. The van der Waals surface area contributed by atoms with Crippen LogP contribution in [0.3, 0.4) is 0 Å². The Kier molecular flexibility index (Phi) is 3.59. The minimum atomic E-state index is 0.273. The number of benzene rings is 1. The average Bonchev–Trinajstić information content (AvgIpc) is 2.31. The van der Waals surface area contributed by atoms with E-state index in [1.165, 1.54) is 5.56 Å². The van der Waals surface area contributed by atoms with Gasteiger partial charge in [-0.15, -0.1) is 0 Å². The van der Waals surface area contributed by atoms with Crippen LogP contribution in [-0.2, 0) is 11.2 Å². The van der Waals surface area contributed by atoms with E-state index in [1.807, 2.05) is 18.2 Å². The van der Waals surface area contributed by atoms with Crippen LogP contribution >= 0.6 is 0 Å². The number of para-hydroxylation sites is 1. The number of ether oxygens (including phenoxy) is 2. The highest BCUT2D eigenvalue weighted by molar-refractivity contribution is 5.33. The topological polar surface area (TPSA) is 30.5 Å². The predicted molar refractivity (Wildman–Crippen MR) is 59.3 cm³/mol. The Morgan fingerprint density at radius 1 is 1.47 bits per heavy atom. The molecule has 1 heterocycles. The monoisotopic (exact) mass is 207 g/mol. The van der Waals surface area contributed by atoms with Gasteiger partial charge in [-0.25, -0.2) is 0 Å². The van der Waals surface area contributed by atoms with Gasteiger partial charge in [-0.3, -0.25) is 0 Å². The van der Waals surface area contributed by atoms with Gasteiger partial charge in [0.1, 0.15) is 5.75 Å². The lowest BCUT2D eigenvalue weighted by atomic mass is 10.1. The summed E-state index contributed by atoms with van der Waals surface area (Å²) in [7, 11) is 1.71. The molecule has 0 unspecified atom stereocenters. The molecule has 3 nitrogen and oxygen atoms in total. The Hall–Kier alpha value is -1.06. The van der Waals surface area contributed by atoms with Crippen molar-refractivity contribution in [2.24, 2.45) is 0 Å². The summed E-state index contributed by atoms with van der Waals surface area (Å²) in [6.07, 6.45) is 1.19. The lowest BCUT2D eigenvalue weighted by Gasteiger charge is -2.24. The van der Waals surface area contributed by atoms with E-state index < -0.39 is 0 Å². The zero-order valence-corrected chi connectivity index (χ0v) is 9.03. The quantitative estimate of drug-likeness (QED) is 0.808. The number of nitrogens with one attached hydrogen (secondary N) is 1. The van der Waals surface area contributed by atoms with Gasteiger partial charge in [0.15, 0.2) is 0 Å². The zero-order valence-electron chi connectivity index (χ0n) is 9.03. The van der Waals surface area contributed by atoms with Crippen molar-refractivity contribution in [3.8, 4) is 5.75 Å². The van der Waals surface area contributed by atoms with Gasteiger partial charge in [-0.05, 0) is 11.6 Å². The normalized spacial score (nSPS) is 21.3. The maximum atomic E-state index is 5.66. The third-order valence-electron chi connectivity index (χ3n) is 2.64. The minimum Gasteiger partial charge on any atom is -0.496 e. The molecule has 0 aromatic heterocycles. The molecule has 0 radical (unpaired) electrons. The van der Waals surface area contributed by atoms with Crippen LogP contribution in [0, 0.1) is 0 Å². The summed E-state index contributed by atoms with van der Waals surface area (Å²) >= 11 is 0. The molecule has 1 fully saturated rings. The summed E-state index contributed by atoms with van der Waals surface area (Å²) in [4.78, 5) is 0. The predicted octanol–water partition coefficient (Wildman–Crippen LogP) is 1.23. The Morgan fingerprint density at radius 3 is 3.07 bits per heavy atom. The van der Waals surface area contributed by atoms with Crippen LogP contribution in [0.15, 0.2) is 24.3 Å². The van der Waals surface area contributed by atoms with Crippen LogP contribution in [0.5, 0.6) is 5.75 Å². The highest BCUT2D eigenvalue weighted by Gasteiger charge is 2.15. The fourth-order valence-corrected chi connectivity index (χ4v) is 1.87. The van der Waals surface area contributed by atoms with Crippen molar-refractivity contribution in [3.05, 3.63) is 29.8 Å². The molecule has 1 N–H and O–H groups in total. The van der Waals surface area contributed by atoms with Gasteiger partial charge >= 0.3 is 0 Å². The summed E-state index contributed by atoms with van der Waals surface area (Å²) in [5.41, 5.74) is 1.22. The summed E-state index contributed by atoms with van der Waals surface area (Å²) in [5, 5.41) is 3.33. The van der Waals surface area contributed by atoms with E-state index in [0.29, 0.717) is 0 Å². The number of morpholine rings is 1. The van der Waals surface area contributed by atoms with Crippen molar-refractivity contribution in [3.63, 3.8) is 0 Å². The molecule has 82 valence electrons. The maximum Gasteiger partial charge on any atom is 0.122 e. The van der Waals surface area contributed by atoms with Crippen molar-refractivity contribution < 1.29 is 9.47 Å².